The number of sulfonamides is 1. The van der Waals surface area contributed by atoms with E-state index in [0.29, 0.717) is 17.2 Å². The van der Waals surface area contributed by atoms with Gasteiger partial charge >= 0.3 is 0 Å². The molecule has 0 spiro atoms. The Morgan fingerprint density at radius 2 is 1.78 bits per heavy atom. The second-order valence-corrected chi connectivity index (χ2v) is 8.65. The lowest BCUT2D eigenvalue weighted by molar-refractivity contribution is 0.598. The van der Waals surface area contributed by atoms with E-state index in [9.17, 15) is 8.42 Å². The summed E-state index contributed by atoms with van der Waals surface area (Å²) in [5.74, 6) is 0.451. The number of nitrogen functional groups attached to an aromatic ring is 1. The van der Waals surface area contributed by atoms with Gasteiger partial charge in [0.2, 0.25) is 14.8 Å². The van der Waals surface area contributed by atoms with Crippen LogP contribution in [0.4, 0.5) is 5.82 Å². The Kier molecular flexibility index (Phi) is 4.25. The number of aryl methyl sites for hydroxylation is 2. The first kappa shape index (κ1) is 18.0. The normalized spacial score (nSPS) is 14.3. The minimum Gasteiger partial charge on any atom is -0.384 e. The fourth-order valence-corrected chi connectivity index (χ4v) is 4.50. The van der Waals surface area contributed by atoms with Crippen LogP contribution in [0.15, 0.2) is 29.2 Å². The third-order valence-corrected chi connectivity index (χ3v) is 6.25. The van der Waals surface area contributed by atoms with Gasteiger partial charge in [-0.1, -0.05) is 0 Å². The fraction of sp³-hybridized carbons (Fsp3) is 0.278. The molecule has 0 amide bonds. The summed E-state index contributed by atoms with van der Waals surface area (Å²) in [6.07, 6.45) is 4.21. The van der Waals surface area contributed by atoms with Crippen molar-refractivity contribution in [3.8, 4) is 5.69 Å². The topological polar surface area (TPSA) is 117 Å². The quantitative estimate of drug-likeness (QED) is 0.637. The number of hydrogen-bond acceptors (Lipinski definition) is 6. The van der Waals surface area contributed by atoms with Gasteiger partial charge in [0, 0.05) is 11.4 Å². The van der Waals surface area contributed by atoms with E-state index in [4.69, 9.17) is 28.1 Å². The first-order valence-corrected chi connectivity index (χ1v) is 10.6. The van der Waals surface area contributed by atoms with E-state index in [1.807, 2.05) is 6.92 Å². The monoisotopic (exact) mass is 401 g/mol. The second kappa shape index (κ2) is 6.36. The van der Waals surface area contributed by atoms with Crippen LogP contribution in [0.2, 0.25) is 0 Å². The molecule has 4 N–H and O–H groups in total. The van der Waals surface area contributed by atoms with E-state index in [-0.39, 0.29) is 9.67 Å². The molecule has 0 saturated carbocycles. The van der Waals surface area contributed by atoms with E-state index in [1.54, 1.807) is 16.7 Å². The molecule has 2 aromatic heterocycles. The van der Waals surface area contributed by atoms with Crippen molar-refractivity contribution in [1.82, 2.24) is 14.5 Å². The summed E-state index contributed by atoms with van der Waals surface area (Å²) in [5.41, 5.74) is 11.1. The molecule has 7 nitrogen and oxygen atoms in total. The van der Waals surface area contributed by atoms with Gasteiger partial charge in [-0.25, -0.2) is 18.5 Å². The first-order valence-electron chi connectivity index (χ1n) is 8.61. The molecule has 0 saturated heterocycles. The van der Waals surface area contributed by atoms with Gasteiger partial charge in [0.05, 0.1) is 10.3 Å². The molecular formula is C18H19N5O2S2. The van der Waals surface area contributed by atoms with E-state index in [0.717, 1.165) is 42.3 Å². The molecule has 4 rings (SSSR count). The predicted octanol–water partition coefficient (Wildman–Crippen LogP) is 2.57. The Hall–Kier alpha value is -2.36. The van der Waals surface area contributed by atoms with Gasteiger partial charge in [-0.15, -0.1) is 0 Å². The zero-order valence-electron chi connectivity index (χ0n) is 14.8. The van der Waals surface area contributed by atoms with Crippen molar-refractivity contribution in [1.29, 1.82) is 0 Å². The summed E-state index contributed by atoms with van der Waals surface area (Å²) in [6.45, 7) is 2.05. The third kappa shape index (κ3) is 3.01. The number of rotatable bonds is 2. The fourth-order valence-electron chi connectivity index (χ4n) is 3.70. The van der Waals surface area contributed by atoms with Crippen LogP contribution in [0, 0.1) is 11.7 Å². The molecule has 27 heavy (non-hydrogen) atoms. The number of aromatic nitrogens is 3. The molecule has 1 aromatic carbocycles. The summed E-state index contributed by atoms with van der Waals surface area (Å²) in [7, 11) is -3.77. The zero-order valence-corrected chi connectivity index (χ0v) is 16.4. The van der Waals surface area contributed by atoms with E-state index in [2.05, 4.69) is 4.98 Å². The van der Waals surface area contributed by atoms with Crippen LogP contribution < -0.4 is 10.9 Å². The lowest BCUT2D eigenvalue weighted by Gasteiger charge is -2.21. The summed E-state index contributed by atoms with van der Waals surface area (Å²) < 4.78 is 24.9. The van der Waals surface area contributed by atoms with Gasteiger partial charge in [0.1, 0.15) is 5.82 Å². The number of nitrogens with zero attached hydrogens (tertiary/aromatic N) is 3. The van der Waals surface area contributed by atoms with Crippen molar-refractivity contribution >= 4 is 39.1 Å². The summed E-state index contributed by atoms with van der Waals surface area (Å²) in [5, 5.41) is 5.96. The third-order valence-electron chi connectivity index (χ3n) is 5.04. The second-order valence-electron chi connectivity index (χ2n) is 6.72. The molecule has 0 radical (unpaired) electrons. The number of hydrogen-bond donors (Lipinski definition) is 2. The largest absolute Gasteiger partial charge is 0.384 e. The number of pyridine rings is 1. The van der Waals surface area contributed by atoms with Crippen molar-refractivity contribution in [2.75, 3.05) is 5.73 Å². The van der Waals surface area contributed by atoms with Crippen LogP contribution in [0.25, 0.3) is 16.7 Å². The van der Waals surface area contributed by atoms with Gasteiger partial charge in [-0.3, -0.25) is 4.57 Å². The highest BCUT2D eigenvalue weighted by Gasteiger charge is 2.20. The minimum atomic E-state index is -3.77. The number of primary sulfonamides is 1. The molecule has 2 heterocycles. The molecule has 0 atom stereocenters. The van der Waals surface area contributed by atoms with Crippen LogP contribution in [0.1, 0.15) is 29.7 Å². The standard InChI is InChI=1S/C18H19N5O2S2/c1-10-13-4-2-3-5-14(13)21-17-15(10)16(19)23(18(26)22-17)11-6-8-12(9-7-11)27(20,24)25/h6-9H,2-5,19H2,1H3,(H2,20,24,25). The highest BCUT2D eigenvalue weighted by atomic mass is 32.2. The van der Waals surface area contributed by atoms with Gasteiger partial charge in [-0.05, 0) is 80.2 Å². The molecule has 0 fully saturated rings. The molecular weight excluding hydrogens is 382 g/mol. The maximum atomic E-state index is 11.5. The molecule has 9 heteroatoms. The van der Waals surface area contributed by atoms with Gasteiger partial charge < -0.3 is 5.73 Å². The highest BCUT2D eigenvalue weighted by molar-refractivity contribution is 7.89. The minimum absolute atomic E-state index is 0.0250. The molecule has 140 valence electrons. The van der Waals surface area contributed by atoms with E-state index < -0.39 is 10.0 Å². The number of benzene rings is 1. The average molecular weight is 402 g/mol. The maximum absolute atomic E-state index is 11.5. The highest BCUT2D eigenvalue weighted by Crippen LogP contribution is 2.32. The number of nitrogens with two attached hydrogens (primary N) is 2. The van der Waals surface area contributed by atoms with Crippen molar-refractivity contribution in [2.24, 2.45) is 5.14 Å². The van der Waals surface area contributed by atoms with Crippen LogP contribution in [0.3, 0.4) is 0 Å². The SMILES string of the molecule is Cc1c2c(nc3nc(=S)n(-c4ccc(S(N)(=O)=O)cc4)c(N)c13)CCCC2. The van der Waals surface area contributed by atoms with E-state index in [1.165, 1.54) is 17.7 Å². The van der Waals surface area contributed by atoms with Crippen LogP contribution >= 0.6 is 12.2 Å². The molecule has 0 unspecified atom stereocenters. The van der Waals surface area contributed by atoms with Crippen molar-refractivity contribution in [3.05, 3.63) is 45.9 Å². The van der Waals surface area contributed by atoms with Gasteiger partial charge in [-0.2, -0.15) is 4.98 Å². The molecule has 0 bridgehead atoms. The average Bonchev–Trinajstić information content (AvgIpc) is 2.61. The van der Waals surface area contributed by atoms with Crippen molar-refractivity contribution in [2.45, 2.75) is 37.5 Å². The van der Waals surface area contributed by atoms with Gasteiger partial charge in [0.25, 0.3) is 0 Å². The van der Waals surface area contributed by atoms with E-state index >= 15 is 0 Å². The molecule has 1 aliphatic carbocycles. The number of fused-ring (bicyclic) bond motifs is 2. The maximum Gasteiger partial charge on any atom is 0.238 e. The Morgan fingerprint density at radius 3 is 2.44 bits per heavy atom. The van der Waals surface area contributed by atoms with Gasteiger partial charge in [0.15, 0.2) is 5.65 Å². The molecule has 3 aromatic rings. The Bertz CT molecular complexity index is 1230. The molecule has 0 aliphatic heterocycles. The smallest absolute Gasteiger partial charge is 0.238 e. The van der Waals surface area contributed by atoms with Crippen molar-refractivity contribution < 1.29 is 8.42 Å². The zero-order chi connectivity index (χ0) is 19.3. The number of anilines is 1. The Labute approximate surface area is 162 Å². The lowest BCUT2D eigenvalue weighted by Crippen LogP contribution is -2.14. The van der Waals surface area contributed by atoms with Crippen LogP contribution in [0.5, 0.6) is 0 Å². The first-order chi connectivity index (χ1) is 12.8. The van der Waals surface area contributed by atoms with Crippen molar-refractivity contribution in [3.63, 3.8) is 0 Å². The van der Waals surface area contributed by atoms with Crippen LogP contribution in [-0.2, 0) is 22.9 Å². The summed E-state index contributed by atoms with van der Waals surface area (Å²) >= 11 is 5.44. The molecule has 1 aliphatic rings. The summed E-state index contributed by atoms with van der Waals surface area (Å²) in [6, 6.07) is 6.07. The summed E-state index contributed by atoms with van der Waals surface area (Å²) in [4.78, 5) is 9.23. The Balaban J connectivity index is 1.97. The predicted molar refractivity (Wildman–Crippen MR) is 107 cm³/mol. The van der Waals surface area contributed by atoms with Crippen LogP contribution in [-0.4, -0.2) is 23.0 Å². The Morgan fingerprint density at radius 1 is 1.11 bits per heavy atom. The lowest BCUT2D eigenvalue weighted by atomic mass is 9.91.